The Morgan fingerprint density at radius 1 is 1.18 bits per heavy atom. The standard InChI is InChI=1S/C20H22N4O4/c1-14-8-9-17(28-14)12-24-18(10-11-21-24)23-19(25)15(2)22-20(26)27-13-16-6-4-3-5-7-16/h3-11,15H,12-13H2,1-2H3,(H,22,26)(H,23,25)/t15-/m1/s1. The number of amides is 2. The van der Waals surface area contributed by atoms with Crippen molar-refractivity contribution in [1.29, 1.82) is 0 Å². The first-order valence-corrected chi connectivity index (χ1v) is 8.86. The fourth-order valence-corrected chi connectivity index (χ4v) is 2.52. The van der Waals surface area contributed by atoms with Crippen LogP contribution in [-0.4, -0.2) is 27.8 Å². The SMILES string of the molecule is Cc1ccc(Cn2nccc2NC(=O)[C@@H](C)NC(=O)OCc2ccccc2)o1. The molecule has 0 fully saturated rings. The molecule has 0 aliphatic rings. The zero-order valence-electron chi connectivity index (χ0n) is 15.7. The average Bonchev–Trinajstić information content (AvgIpc) is 3.30. The molecule has 0 unspecified atom stereocenters. The number of anilines is 1. The minimum atomic E-state index is -0.780. The number of aryl methyl sites for hydroxylation is 1. The lowest BCUT2D eigenvalue weighted by Gasteiger charge is -2.15. The molecule has 0 saturated carbocycles. The first-order valence-electron chi connectivity index (χ1n) is 8.86. The van der Waals surface area contributed by atoms with Crippen molar-refractivity contribution in [2.75, 3.05) is 5.32 Å². The largest absolute Gasteiger partial charge is 0.464 e. The van der Waals surface area contributed by atoms with E-state index in [0.717, 1.165) is 17.1 Å². The van der Waals surface area contributed by atoms with Crippen molar-refractivity contribution in [2.45, 2.75) is 33.0 Å². The monoisotopic (exact) mass is 382 g/mol. The van der Waals surface area contributed by atoms with E-state index in [2.05, 4.69) is 15.7 Å². The van der Waals surface area contributed by atoms with Crippen LogP contribution in [-0.2, 0) is 22.7 Å². The van der Waals surface area contributed by atoms with E-state index in [1.807, 2.05) is 49.4 Å². The number of rotatable bonds is 7. The molecule has 0 spiro atoms. The van der Waals surface area contributed by atoms with E-state index in [1.165, 1.54) is 0 Å². The topological polar surface area (TPSA) is 98.4 Å². The van der Waals surface area contributed by atoms with Gasteiger partial charge in [-0.15, -0.1) is 0 Å². The molecule has 0 aliphatic carbocycles. The quantitative estimate of drug-likeness (QED) is 0.654. The van der Waals surface area contributed by atoms with Gasteiger partial charge in [0.2, 0.25) is 5.91 Å². The van der Waals surface area contributed by atoms with Crippen LogP contribution in [0.15, 0.2) is 59.1 Å². The van der Waals surface area contributed by atoms with Gasteiger partial charge in [0.25, 0.3) is 0 Å². The number of benzene rings is 1. The molecule has 146 valence electrons. The minimum Gasteiger partial charge on any atom is -0.464 e. The summed E-state index contributed by atoms with van der Waals surface area (Å²) in [7, 11) is 0. The summed E-state index contributed by atoms with van der Waals surface area (Å²) in [6.45, 7) is 3.96. The smallest absolute Gasteiger partial charge is 0.408 e. The summed E-state index contributed by atoms with van der Waals surface area (Å²) in [5, 5.41) is 9.45. The van der Waals surface area contributed by atoms with Gasteiger partial charge in [-0.2, -0.15) is 5.10 Å². The van der Waals surface area contributed by atoms with Gasteiger partial charge < -0.3 is 19.8 Å². The highest BCUT2D eigenvalue weighted by molar-refractivity contribution is 5.95. The van der Waals surface area contributed by atoms with Crippen molar-refractivity contribution in [2.24, 2.45) is 0 Å². The summed E-state index contributed by atoms with van der Waals surface area (Å²) >= 11 is 0. The summed E-state index contributed by atoms with van der Waals surface area (Å²) < 4.78 is 12.3. The zero-order chi connectivity index (χ0) is 19.9. The van der Waals surface area contributed by atoms with E-state index in [-0.39, 0.29) is 12.5 Å². The molecule has 2 amide bonds. The van der Waals surface area contributed by atoms with Crippen molar-refractivity contribution in [1.82, 2.24) is 15.1 Å². The van der Waals surface area contributed by atoms with Crippen LogP contribution in [0.5, 0.6) is 0 Å². The molecule has 0 saturated heterocycles. The van der Waals surface area contributed by atoms with Gasteiger partial charge in [-0.3, -0.25) is 4.79 Å². The van der Waals surface area contributed by atoms with Gasteiger partial charge in [-0.1, -0.05) is 30.3 Å². The van der Waals surface area contributed by atoms with E-state index in [9.17, 15) is 9.59 Å². The lowest BCUT2D eigenvalue weighted by molar-refractivity contribution is -0.117. The molecular formula is C20H22N4O4. The predicted molar refractivity (Wildman–Crippen MR) is 103 cm³/mol. The van der Waals surface area contributed by atoms with Crippen molar-refractivity contribution in [3.63, 3.8) is 0 Å². The molecule has 2 N–H and O–H groups in total. The fraction of sp³-hybridized carbons (Fsp3) is 0.250. The Bertz CT molecular complexity index is 933. The van der Waals surface area contributed by atoms with Gasteiger partial charge in [-0.25, -0.2) is 9.48 Å². The number of carbonyl (C=O) groups excluding carboxylic acids is 2. The molecule has 28 heavy (non-hydrogen) atoms. The number of ether oxygens (including phenoxy) is 1. The van der Waals surface area contributed by atoms with Crippen molar-refractivity contribution >= 4 is 17.8 Å². The highest BCUT2D eigenvalue weighted by Crippen LogP contribution is 2.13. The number of carbonyl (C=O) groups is 2. The van der Waals surface area contributed by atoms with Crippen LogP contribution in [0, 0.1) is 6.92 Å². The Balaban J connectivity index is 1.50. The molecule has 2 aromatic heterocycles. The number of aromatic nitrogens is 2. The van der Waals surface area contributed by atoms with E-state index in [4.69, 9.17) is 9.15 Å². The Hall–Kier alpha value is -3.55. The van der Waals surface area contributed by atoms with Gasteiger partial charge in [0.15, 0.2) is 0 Å². The average molecular weight is 382 g/mol. The molecule has 0 aliphatic heterocycles. The zero-order valence-corrected chi connectivity index (χ0v) is 15.7. The molecule has 2 heterocycles. The summed E-state index contributed by atoms with van der Waals surface area (Å²) in [4.78, 5) is 24.3. The first-order chi connectivity index (χ1) is 13.5. The summed E-state index contributed by atoms with van der Waals surface area (Å²) in [6, 6.07) is 13.9. The Kier molecular flexibility index (Phi) is 6.11. The van der Waals surface area contributed by atoms with Gasteiger partial charge in [0.05, 0.1) is 6.20 Å². The Morgan fingerprint density at radius 2 is 1.96 bits per heavy atom. The van der Waals surface area contributed by atoms with Crippen LogP contribution >= 0.6 is 0 Å². The maximum atomic E-state index is 12.4. The second kappa shape index (κ2) is 8.90. The van der Waals surface area contributed by atoms with Crippen LogP contribution < -0.4 is 10.6 Å². The Labute approximate surface area is 162 Å². The molecule has 3 rings (SSSR count). The van der Waals surface area contributed by atoms with Crippen molar-refractivity contribution < 1.29 is 18.7 Å². The minimum absolute atomic E-state index is 0.135. The first kappa shape index (κ1) is 19.2. The third-order valence-electron chi connectivity index (χ3n) is 4.01. The number of furan rings is 1. The number of alkyl carbamates (subject to hydrolysis) is 1. The highest BCUT2D eigenvalue weighted by Gasteiger charge is 2.18. The van der Waals surface area contributed by atoms with Gasteiger partial charge in [0, 0.05) is 6.07 Å². The number of hydrogen-bond acceptors (Lipinski definition) is 5. The van der Waals surface area contributed by atoms with Gasteiger partial charge >= 0.3 is 6.09 Å². The number of nitrogens with one attached hydrogen (secondary N) is 2. The molecule has 0 radical (unpaired) electrons. The van der Waals surface area contributed by atoms with Gasteiger partial charge in [-0.05, 0) is 31.5 Å². The molecular weight excluding hydrogens is 360 g/mol. The normalized spacial score (nSPS) is 11.6. The second-order valence-corrected chi connectivity index (χ2v) is 6.30. The molecule has 1 aromatic carbocycles. The number of nitrogens with zero attached hydrogens (tertiary/aromatic N) is 2. The van der Waals surface area contributed by atoms with Gasteiger partial charge in [0.1, 0.15) is 36.5 Å². The third kappa shape index (κ3) is 5.23. The van der Waals surface area contributed by atoms with Crippen molar-refractivity contribution in [3.8, 4) is 0 Å². The Morgan fingerprint density at radius 3 is 2.68 bits per heavy atom. The second-order valence-electron chi connectivity index (χ2n) is 6.30. The summed E-state index contributed by atoms with van der Waals surface area (Å²) in [5.74, 6) is 1.66. The lowest BCUT2D eigenvalue weighted by atomic mass is 10.2. The van der Waals surface area contributed by atoms with Crippen LogP contribution in [0.1, 0.15) is 24.0 Å². The highest BCUT2D eigenvalue weighted by atomic mass is 16.5. The van der Waals surface area contributed by atoms with Crippen LogP contribution in [0.4, 0.5) is 10.6 Å². The molecule has 0 bridgehead atoms. The van der Waals surface area contributed by atoms with E-state index in [1.54, 1.807) is 23.9 Å². The molecule has 3 aromatic rings. The fourth-order valence-electron chi connectivity index (χ4n) is 2.52. The van der Waals surface area contributed by atoms with E-state index in [0.29, 0.717) is 12.4 Å². The summed E-state index contributed by atoms with van der Waals surface area (Å²) in [5.41, 5.74) is 0.867. The maximum Gasteiger partial charge on any atom is 0.408 e. The molecule has 8 nitrogen and oxygen atoms in total. The molecule has 1 atom stereocenters. The number of hydrogen-bond donors (Lipinski definition) is 2. The van der Waals surface area contributed by atoms with Crippen LogP contribution in [0.2, 0.25) is 0 Å². The lowest BCUT2D eigenvalue weighted by Crippen LogP contribution is -2.42. The third-order valence-corrected chi connectivity index (χ3v) is 4.01. The van der Waals surface area contributed by atoms with E-state index >= 15 is 0 Å². The van der Waals surface area contributed by atoms with E-state index < -0.39 is 12.1 Å². The van der Waals surface area contributed by atoms with Crippen LogP contribution in [0.25, 0.3) is 0 Å². The van der Waals surface area contributed by atoms with Crippen molar-refractivity contribution in [3.05, 3.63) is 71.8 Å². The maximum absolute atomic E-state index is 12.4. The summed E-state index contributed by atoms with van der Waals surface area (Å²) in [6.07, 6.45) is 0.920. The van der Waals surface area contributed by atoms with Crippen LogP contribution in [0.3, 0.4) is 0 Å². The molecule has 8 heteroatoms. The predicted octanol–water partition coefficient (Wildman–Crippen LogP) is 3.09.